The first-order valence-electron chi connectivity index (χ1n) is 6.31. The molecule has 1 saturated heterocycles. The number of hydrogen-bond acceptors (Lipinski definition) is 3. The van der Waals surface area contributed by atoms with Gasteiger partial charge in [-0.15, -0.1) is 0 Å². The van der Waals surface area contributed by atoms with E-state index in [1.165, 1.54) is 24.1 Å². The van der Waals surface area contributed by atoms with Gasteiger partial charge in [-0.1, -0.05) is 6.07 Å². The van der Waals surface area contributed by atoms with Gasteiger partial charge in [-0.2, -0.15) is 0 Å². The Morgan fingerprint density at radius 3 is 2.71 bits per heavy atom. The van der Waals surface area contributed by atoms with Gasteiger partial charge >= 0.3 is 0 Å². The number of nitrogens with two attached hydrogens (primary N) is 1. The van der Waals surface area contributed by atoms with Crippen LogP contribution in [0.1, 0.15) is 18.4 Å². The second-order valence-corrected chi connectivity index (χ2v) is 4.88. The van der Waals surface area contributed by atoms with E-state index in [0.717, 1.165) is 31.3 Å². The van der Waals surface area contributed by atoms with Crippen LogP contribution in [0.2, 0.25) is 0 Å². The summed E-state index contributed by atoms with van der Waals surface area (Å²) < 4.78 is 5.23. The van der Waals surface area contributed by atoms with Gasteiger partial charge in [0.1, 0.15) is 0 Å². The first-order valence-corrected chi connectivity index (χ1v) is 6.31. The lowest BCUT2D eigenvalue weighted by Gasteiger charge is -2.34. The van der Waals surface area contributed by atoms with Gasteiger partial charge in [-0.25, -0.2) is 0 Å². The molecule has 0 aromatic heterocycles. The molecule has 2 rings (SSSR count). The van der Waals surface area contributed by atoms with E-state index in [-0.39, 0.29) is 0 Å². The number of methoxy groups -OCH3 is 1. The van der Waals surface area contributed by atoms with Gasteiger partial charge in [0.25, 0.3) is 0 Å². The molecule has 0 amide bonds. The van der Waals surface area contributed by atoms with E-state index in [1.54, 1.807) is 7.11 Å². The highest BCUT2D eigenvalue weighted by Gasteiger charge is 2.20. The molecule has 1 heterocycles. The van der Waals surface area contributed by atoms with Crippen LogP contribution in [0.4, 0.5) is 11.4 Å². The maximum Gasteiger partial charge on any atom is 0.0491 e. The van der Waals surface area contributed by atoms with E-state index >= 15 is 0 Å². The summed E-state index contributed by atoms with van der Waals surface area (Å²) in [7, 11) is 1.79. The maximum absolute atomic E-state index is 5.96. The molecule has 1 aliphatic rings. The van der Waals surface area contributed by atoms with Crippen molar-refractivity contribution >= 4 is 11.4 Å². The molecule has 0 aliphatic carbocycles. The van der Waals surface area contributed by atoms with Gasteiger partial charge in [0, 0.05) is 38.2 Å². The highest BCUT2D eigenvalue weighted by Crippen LogP contribution is 2.28. The molecule has 3 heteroatoms. The summed E-state index contributed by atoms with van der Waals surface area (Å²) in [5, 5.41) is 0. The van der Waals surface area contributed by atoms with Crippen molar-refractivity contribution in [3.8, 4) is 0 Å². The second kappa shape index (κ2) is 5.41. The van der Waals surface area contributed by atoms with E-state index in [4.69, 9.17) is 10.5 Å². The average Bonchev–Trinajstić information content (AvgIpc) is 2.34. The van der Waals surface area contributed by atoms with Gasteiger partial charge in [-0.05, 0) is 43.4 Å². The first kappa shape index (κ1) is 12.2. The molecule has 1 fully saturated rings. The minimum atomic E-state index is 0.720. The molecule has 0 spiro atoms. The summed E-state index contributed by atoms with van der Waals surface area (Å²) in [5.74, 6) is 0.720. The van der Waals surface area contributed by atoms with Crippen molar-refractivity contribution < 1.29 is 4.74 Å². The van der Waals surface area contributed by atoms with E-state index in [0.29, 0.717) is 0 Å². The Hall–Kier alpha value is -1.22. The first-order chi connectivity index (χ1) is 8.22. The van der Waals surface area contributed by atoms with Gasteiger partial charge in [0.2, 0.25) is 0 Å². The fourth-order valence-electron chi connectivity index (χ4n) is 2.56. The smallest absolute Gasteiger partial charge is 0.0491 e. The minimum absolute atomic E-state index is 0.720. The quantitative estimate of drug-likeness (QED) is 0.816. The molecule has 94 valence electrons. The van der Waals surface area contributed by atoms with E-state index < -0.39 is 0 Å². The summed E-state index contributed by atoms with van der Waals surface area (Å²) in [6.45, 7) is 5.21. The number of rotatable bonds is 3. The standard InChI is InChI=1S/C14H22N2O/c1-11-13(15)4-3-5-14(11)16-8-6-12(7-9-16)10-17-2/h3-5,12H,6-10,15H2,1-2H3. The third-order valence-corrected chi connectivity index (χ3v) is 3.70. The topological polar surface area (TPSA) is 38.5 Å². The van der Waals surface area contributed by atoms with Gasteiger partial charge in [0.15, 0.2) is 0 Å². The molecule has 0 unspecified atom stereocenters. The lowest BCUT2D eigenvalue weighted by Crippen LogP contribution is -2.35. The van der Waals surface area contributed by atoms with Gasteiger partial charge < -0.3 is 15.4 Å². The second-order valence-electron chi connectivity index (χ2n) is 4.88. The van der Waals surface area contributed by atoms with Crippen LogP contribution in [-0.4, -0.2) is 26.8 Å². The summed E-state index contributed by atoms with van der Waals surface area (Å²) in [6.07, 6.45) is 2.42. The molecule has 2 N–H and O–H groups in total. The van der Waals surface area contributed by atoms with Crippen molar-refractivity contribution in [1.29, 1.82) is 0 Å². The van der Waals surface area contributed by atoms with Crippen molar-refractivity contribution in [1.82, 2.24) is 0 Å². The minimum Gasteiger partial charge on any atom is -0.398 e. The molecule has 1 aromatic rings. The normalized spacial score (nSPS) is 17.4. The number of ether oxygens (including phenoxy) is 1. The molecular formula is C14H22N2O. The Bertz CT molecular complexity index is 370. The zero-order valence-corrected chi connectivity index (χ0v) is 10.8. The third kappa shape index (κ3) is 2.72. The van der Waals surface area contributed by atoms with E-state index in [2.05, 4.69) is 17.9 Å². The molecule has 0 bridgehead atoms. The monoisotopic (exact) mass is 234 g/mol. The van der Waals surface area contributed by atoms with Crippen LogP contribution in [0, 0.1) is 12.8 Å². The summed E-state index contributed by atoms with van der Waals surface area (Å²) in [5.41, 5.74) is 9.34. The molecule has 0 radical (unpaired) electrons. The van der Waals surface area contributed by atoms with Crippen LogP contribution in [0.15, 0.2) is 18.2 Å². The lowest BCUT2D eigenvalue weighted by atomic mass is 9.96. The van der Waals surface area contributed by atoms with Crippen molar-refractivity contribution in [3.05, 3.63) is 23.8 Å². The molecule has 3 nitrogen and oxygen atoms in total. The van der Waals surface area contributed by atoms with Crippen molar-refractivity contribution in [2.45, 2.75) is 19.8 Å². The van der Waals surface area contributed by atoms with Crippen LogP contribution in [0.3, 0.4) is 0 Å². The molecule has 1 aromatic carbocycles. The molecular weight excluding hydrogens is 212 g/mol. The zero-order chi connectivity index (χ0) is 12.3. The summed E-state index contributed by atoms with van der Waals surface area (Å²) >= 11 is 0. The molecule has 17 heavy (non-hydrogen) atoms. The number of piperidine rings is 1. The molecule has 0 atom stereocenters. The van der Waals surface area contributed by atoms with Crippen LogP contribution in [-0.2, 0) is 4.74 Å². The van der Waals surface area contributed by atoms with Crippen LogP contribution in [0.5, 0.6) is 0 Å². The van der Waals surface area contributed by atoms with Crippen LogP contribution >= 0.6 is 0 Å². The van der Waals surface area contributed by atoms with E-state index in [1.807, 2.05) is 12.1 Å². The number of nitrogen functional groups attached to an aromatic ring is 1. The molecule has 1 aliphatic heterocycles. The molecule has 0 saturated carbocycles. The number of benzene rings is 1. The average molecular weight is 234 g/mol. The van der Waals surface area contributed by atoms with Gasteiger partial charge in [0.05, 0.1) is 0 Å². The number of anilines is 2. The Morgan fingerprint density at radius 1 is 1.35 bits per heavy atom. The number of nitrogens with zero attached hydrogens (tertiary/aromatic N) is 1. The highest BCUT2D eigenvalue weighted by molar-refractivity contribution is 5.64. The van der Waals surface area contributed by atoms with Crippen molar-refractivity contribution in [2.75, 3.05) is 37.4 Å². The summed E-state index contributed by atoms with van der Waals surface area (Å²) in [4.78, 5) is 2.44. The number of hydrogen-bond donors (Lipinski definition) is 1. The Balaban J connectivity index is 2.03. The predicted molar refractivity (Wildman–Crippen MR) is 72.4 cm³/mol. The SMILES string of the molecule is COCC1CCN(c2cccc(N)c2C)CC1. The highest BCUT2D eigenvalue weighted by atomic mass is 16.5. The fourth-order valence-corrected chi connectivity index (χ4v) is 2.56. The largest absolute Gasteiger partial charge is 0.398 e. The van der Waals surface area contributed by atoms with Crippen LogP contribution < -0.4 is 10.6 Å². The lowest BCUT2D eigenvalue weighted by molar-refractivity contribution is 0.139. The fraction of sp³-hybridized carbons (Fsp3) is 0.571. The van der Waals surface area contributed by atoms with Crippen molar-refractivity contribution in [2.24, 2.45) is 5.92 Å². The van der Waals surface area contributed by atoms with Crippen LogP contribution in [0.25, 0.3) is 0 Å². The summed E-state index contributed by atoms with van der Waals surface area (Å²) in [6, 6.07) is 6.18. The zero-order valence-electron chi connectivity index (χ0n) is 10.8. The predicted octanol–water partition coefficient (Wildman–Crippen LogP) is 2.44. The van der Waals surface area contributed by atoms with E-state index in [9.17, 15) is 0 Å². The third-order valence-electron chi connectivity index (χ3n) is 3.70. The Kier molecular flexibility index (Phi) is 3.89. The maximum atomic E-state index is 5.96. The van der Waals surface area contributed by atoms with Gasteiger partial charge in [-0.3, -0.25) is 0 Å². The van der Waals surface area contributed by atoms with Crippen molar-refractivity contribution in [3.63, 3.8) is 0 Å². The Morgan fingerprint density at radius 2 is 2.06 bits per heavy atom. The Labute approximate surface area is 104 Å².